The molecule has 2 heterocycles. The minimum Gasteiger partial charge on any atom is -0.348 e. The summed E-state index contributed by atoms with van der Waals surface area (Å²) in [4.78, 5) is -0.924. The van der Waals surface area contributed by atoms with Crippen LogP contribution < -0.4 is 0 Å². The lowest BCUT2D eigenvalue weighted by molar-refractivity contribution is -0.342. The summed E-state index contributed by atoms with van der Waals surface area (Å²) in [5, 5.41) is 16.5. The second-order valence-electron chi connectivity index (χ2n) is 13.4. The Morgan fingerprint density at radius 1 is 0.625 bits per heavy atom. The van der Waals surface area contributed by atoms with Crippen LogP contribution in [0.4, 0.5) is 61.5 Å². The van der Waals surface area contributed by atoms with E-state index in [0.29, 0.717) is 26.4 Å². The predicted octanol–water partition coefficient (Wildman–Crippen LogP) is 7.17. The zero-order valence-electron chi connectivity index (χ0n) is 28.7. The number of hydrogen-bond donors (Lipinski definition) is 0. The van der Waals surface area contributed by atoms with Gasteiger partial charge in [-0.25, -0.2) is 25.6 Å². The van der Waals surface area contributed by atoms with Crippen molar-refractivity contribution in [3.63, 3.8) is 0 Å². The van der Waals surface area contributed by atoms with E-state index in [1.54, 1.807) is 0 Å². The monoisotopic (exact) mass is 880 g/mol. The third-order valence-electron chi connectivity index (χ3n) is 9.95. The summed E-state index contributed by atoms with van der Waals surface area (Å²) in [5.41, 5.74) is -11.3. The number of sulfone groups is 2. The highest BCUT2D eigenvalue weighted by molar-refractivity contribution is 7.95. The Hall–Kier alpha value is -2.52. The van der Waals surface area contributed by atoms with Gasteiger partial charge in [-0.2, -0.15) is 63.2 Å². The number of allylic oxidation sites excluding steroid dienone is 2. The highest BCUT2D eigenvalue weighted by Gasteiger charge is 2.73. The molecule has 322 valence electrons. The first-order chi connectivity index (χ1) is 25.4. The molecule has 26 heteroatoms. The van der Waals surface area contributed by atoms with E-state index >= 15 is 0 Å². The smallest absolute Gasteiger partial charge is 0.348 e. The summed E-state index contributed by atoms with van der Waals surface area (Å²) in [6, 6.07) is 2.78. The van der Waals surface area contributed by atoms with E-state index < -0.39 is 108 Å². The molecule has 0 amide bonds. The van der Waals surface area contributed by atoms with Gasteiger partial charge in [0.05, 0.1) is 44.0 Å². The summed E-state index contributed by atoms with van der Waals surface area (Å²) < 4.78 is 249. The Morgan fingerprint density at radius 2 is 0.982 bits per heavy atom. The molecule has 1 unspecified atom stereocenters. The number of nitriles is 2. The average Bonchev–Trinajstić information content (AvgIpc) is 3.73. The van der Waals surface area contributed by atoms with E-state index in [4.69, 9.17) is 24.2 Å². The molecule has 2 saturated carbocycles. The molecule has 4 rings (SSSR count). The van der Waals surface area contributed by atoms with Crippen LogP contribution in [0.15, 0.2) is 10.5 Å². The fourth-order valence-corrected chi connectivity index (χ4v) is 10.0. The molecule has 0 bridgehead atoms. The molecule has 2 saturated heterocycles. The fourth-order valence-electron chi connectivity index (χ4n) is 6.64. The lowest BCUT2D eigenvalue weighted by Gasteiger charge is -2.36. The SMILES string of the molecule is N#CC(=C1CCC2(CC1)OCCO2)S(=O)(=O)CCC(F)(C(F)(F)F)C(F)(F)F.N#CC(C1CCC2(CC1)OCCO2)S(=O)(=O)CCC(F)(C(F)(F)F)C(F)(F)F. The molecule has 4 aliphatic rings. The van der Waals surface area contributed by atoms with Crippen molar-refractivity contribution < 1.29 is 97.2 Å². The van der Waals surface area contributed by atoms with Gasteiger partial charge in [0.15, 0.2) is 36.5 Å². The molecule has 4 fully saturated rings. The van der Waals surface area contributed by atoms with Crippen LogP contribution in [-0.2, 0) is 38.6 Å². The van der Waals surface area contributed by atoms with Crippen molar-refractivity contribution in [2.45, 2.75) is 117 Å². The van der Waals surface area contributed by atoms with E-state index in [1.165, 1.54) is 12.1 Å². The number of ether oxygens (including phenoxy) is 4. The van der Waals surface area contributed by atoms with Crippen molar-refractivity contribution in [2.24, 2.45) is 5.92 Å². The van der Waals surface area contributed by atoms with Gasteiger partial charge in [0.2, 0.25) is 0 Å². The van der Waals surface area contributed by atoms with Crippen LogP contribution in [0.5, 0.6) is 0 Å². The van der Waals surface area contributed by atoms with Crippen LogP contribution in [0.3, 0.4) is 0 Å². The quantitative estimate of drug-likeness (QED) is 0.172. The predicted molar refractivity (Wildman–Crippen MR) is 160 cm³/mol. The number of alkyl halides is 14. The van der Waals surface area contributed by atoms with Crippen molar-refractivity contribution in [1.29, 1.82) is 10.5 Å². The molecule has 2 spiro atoms. The summed E-state index contributed by atoms with van der Waals surface area (Å²) in [6.45, 7) is 1.35. The lowest BCUT2D eigenvalue weighted by Crippen LogP contribution is -2.54. The minimum absolute atomic E-state index is 0.00142. The molecular weight excluding hydrogens is 846 g/mol. The molecule has 10 nitrogen and oxygen atoms in total. The first kappa shape index (κ1) is 47.9. The standard InChI is InChI=1S/C15H18F7NO4S.C15H16F7NO4S/c2*16-13(14(17,18)19,15(20,21)22)5-8-28(24,25)11(9-23)10-1-3-12(4-2-10)26-6-7-27-12/h10-11H,1-8H2;1-8H2. The highest BCUT2D eigenvalue weighted by atomic mass is 32.2. The number of hydrogen-bond acceptors (Lipinski definition) is 10. The zero-order chi connectivity index (χ0) is 42.9. The Kier molecular flexibility index (Phi) is 14.2. The largest absolute Gasteiger partial charge is 0.431 e. The van der Waals surface area contributed by atoms with Crippen LogP contribution >= 0.6 is 0 Å². The lowest BCUT2D eigenvalue weighted by atomic mass is 9.83. The van der Waals surface area contributed by atoms with Gasteiger partial charge in [0.25, 0.3) is 11.3 Å². The first-order valence-electron chi connectivity index (χ1n) is 16.5. The molecule has 56 heavy (non-hydrogen) atoms. The van der Waals surface area contributed by atoms with Crippen LogP contribution in [-0.4, -0.2) is 108 Å². The fraction of sp³-hybridized carbons (Fsp3) is 0.867. The van der Waals surface area contributed by atoms with Crippen molar-refractivity contribution in [3.05, 3.63) is 10.5 Å². The second-order valence-corrected chi connectivity index (χ2v) is 17.7. The maximum absolute atomic E-state index is 13.7. The molecule has 0 N–H and O–H groups in total. The maximum atomic E-state index is 13.7. The van der Waals surface area contributed by atoms with Gasteiger partial charge in [0, 0.05) is 38.5 Å². The van der Waals surface area contributed by atoms with Crippen molar-refractivity contribution in [2.75, 3.05) is 37.9 Å². The van der Waals surface area contributed by atoms with Crippen molar-refractivity contribution >= 4 is 19.7 Å². The minimum atomic E-state index is -6.35. The average molecular weight is 881 g/mol. The third-order valence-corrected chi connectivity index (χ3v) is 13.7. The number of halogens is 14. The Bertz CT molecular complexity index is 1680. The molecule has 1 atom stereocenters. The van der Waals surface area contributed by atoms with Gasteiger partial charge in [-0.3, -0.25) is 0 Å². The van der Waals surface area contributed by atoms with Gasteiger partial charge < -0.3 is 18.9 Å². The Balaban J connectivity index is 0.000000300. The number of rotatable bonds is 9. The molecule has 2 aliphatic heterocycles. The van der Waals surface area contributed by atoms with Gasteiger partial charge in [-0.1, -0.05) is 0 Å². The Morgan fingerprint density at radius 3 is 1.32 bits per heavy atom. The summed E-state index contributed by atoms with van der Waals surface area (Å²) in [5.74, 6) is -6.20. The summed E-state index contributed by atoms with van der Waals surface area (Å²) in [6.07, 6.45) is -29.0. The van der Waals surface area contributed by atoms with Crippen LogP contribution in [0, 0.1) is 28.6 Å². The van der Waals surface area contributed by atoms with E-state index in [1.807, 2.05) is 0 Å². The first-order valence-corrected chi connectivity index (χ1v) is 19.9. The molecule has 2 aliphatic carbocycles. The Labute approximate surface area is 310 Å². The van der Waals surface area contributed by atoms with Crippen LogP contribution in [0.2, 0.25) is 0 Å². The van der Waals surface area contributed by atoms with E-state index in [0.717, 1.165) is 0 Å². The number of nitrogens with zero attached hydrogens (tertiary/aromatic N) is 2. The molecule has 0 aromatic heterocycles. The van der Waals surface area contributed by atoms with E-state index in [2.05, 4.69) is 0 Å². The molecule has 0 aromatic rings. The zero-order valence-corrected chi connectivity index (χ0v) is 30.4. The summed E-state index contributed by atoms with van der Waals surface area (Å²) in [7, 11) is -9.61. The van der Waals surface area contributed by atoms with Gasteiger partial charge >= 0.3 is 24.7 Å². The van der Waals surface area contributed by atoms with Crippen molar-refractivity contribution in [1.82, 2.24) is 0 Å². The van der Waals surface area contributed by atoms with Gasteiger partial charge in [-0.15, -0.1) is 0 Å². The normalized spacial score (nSPS) is 22.9. The van der Waals surface area contributed by atoms with Crippen LogP contribution in [0.25, 0.3) is 0 Å². The van der Waals surface area contributed by atoms with Gasteiger partial charge in [-0.05, 0) is 37.2 Å². The second kappa shape index (κ2) is 16.6. The molecule has 0 radical (unpaired) electrons. The maximum Gasteiger partial charge on any atom is 0.431 e. The highest BCUT2D eigenvalue weighted by Crippen LogP contribution is 2.50. The van der Waals surface area contributed by atoms with Crippen molar-refractivity contribution in [3.8, 4) is 12.1 Å². The van der Waals surface area contributed by atoms with Gasteiger partial charge in [0.1, 0.15) is 11.0 Å². The molecular formula is C30H34F14N2O8S2. The topological polar surface area (TPSA) is 153 Å². The summed E-state index contributed by atoms with van der Waals surface area (Å²) >= 11 is 0. The molecule has 0 aromatic carbocycles. The van der Waals surface area contributed by atoms with E-state index in [9.17, 15) is 83.6 Å². The van der Waals surface area contributed by atoms with E-state index in [-0.39, 0.29) is 56.9 Å². The van der Waals surface area contributed by atoms with Crippen LogP contribution in [0.1, 0.15) is 64.2 Å². The third kappa shape index (κ3) is 10.2.